The van der Waals surface area contributed by atoms with Crippen molar-refractivity contribution < 1.29 is 33.6 Å². The molecule has 0 aromatic rings. The van der Waals surface area contributed by atoms with Gasteiger partial charge in [0.05, 0.1) is 21.1 Å². The Bertz CT molecular complexity index is 245. The van der Waals surface area contributed by atoms with Crippen LogP contribution in [0, 0.1) is 0 Å². The largest absolute Gasteiger partial charge is 0.756 e. The lowest BCUT2D eigenvalue weighted by atomic mass is 10.2. The Labute approximate surface area is 95.1 Å². The zero-order valence-electron chi connectivity index (χ0n) is 9.74. The highest BCUT2D eigenvalue weighted by molar-refractivity contribution is 7.44. The Hall–Kier alpha value is -0.0100. The molecule has 0 fully saturated rings. The molecule has 7 nitrogen and oxygen atoms in total. The summed E-state index contributed by atoms with van der Waals surface area (Å²) in [6.45, 7) is 0.333. The number of aliphatic hydroxyl groups is 2. The van der Waals surface area contributed by atoms with Crippen molar-refractivity contribution in [3.63, 3.8) is 0 Å². The summed E-state index contributed by atoms with van der Waals surface area (Å²) >= 11 is 0. The molecule has 0 rings (SSSR count). The monoisotopic (exact) mass is 257 g/mol. The molecule has 0 bridgehead atoms. The minimum Gasteiger partial charge on any atom is -0.756 e. The molecule has 16 heavy (non-hydrogen) atoms. The summed E-state index contributed by atoms with van der Waals surface area (Å²) < 4.78 is 15.5. The third kappa shape index (κ3) is 10.5. The molecule has 0 radical (unpaired) electrons. The molecular formula is C8H20NO6P. The number of hydrogen-bond acceptors (Lipinski definition) is 5. The molecule has 0 aliphatic rings. The van der Waals surface area contributed by atoms with Crippen LogP contribution in [0.3, 0.4) is 0 Å². The molecule has 0 spiro atoms. The second-order valence-electron chi connectivity index (χ2n) is 4.73. The fourth-order valence-corrected chi connectivity index (χ4v) is 1.86. The summed E-state index contributed by atoms with van der Waals surface area (Å²) in [7, 11) is 0.705. The van der Waals surface area contributed by atoms with Crippen molar-refractivity contribution >= 4 is 7.82 Å². The van der Waals surface area contributed by atoms with Crippen LogP contribution in [0.4, 0.5) is 0 Å². The van der Waals surface area contributed by atoms with Crippen LogP contribution in [-0.4, -0.2) is 59.7 Å². The van der Waals surface area contributed by atoms with Crippen LogP contribution >= 0.6 is 7.82 Å². The summed E-state index contributed by atoms with van der Waals surface area (Å²) in [5.41, 5.74) is 0. The molecule has 0 heterocycles. The summed E-state index contributed by atoms with van der Waals surface area (Å²) in [4.78, 5) is 19.2. The first-order valence-electron chi connectivity index (χ1n) is 4.88. The van der Waals surface area contributed by atoms with Gasteiger partial charge in [0.15, 0.2) is 6.29 Å². The van der Waals surface area contributed by atoms with E-state index in [4.69, 9.17) is 15.1 Å². The number of nitrogens with zero attached hydrogens (tertiary/aromatic N) is 1. The van der Waals surface area contributed by atoms with E-state index in [0.717, 1.165) is 0 Å². The van der Waals surface area contributed by atoms with Crippen molar-refractivity contribution in [2.45, 2.75) is 25.2 Å². The van der Waals surface area contributed by atoms with Crippen LogP contribution in [0.5, 0.6) is 0 Å². The van der Waals surface area contributed by atoms with Gasteiger partial charge in [-0.05, 0) is 6.42 Å². The third-order valence-corrected chi connectivity index (χ3v) is 2.35. The van der Waals surface area contributed by atoms with Gasteiger partial charge in [-0.1, -0.05) is 0 Å². The predicted molar refractivity (Wildman–Crippen MR) is 55.1 cm³/mol. The fraction of sp³-hybridized carbons (Fsp3) is 1.00. The molecule has 0 saturated carbocycles. The van der Waals surface area contributed by atoms with E-state index < -0.39 is 20.2 Å². The van der Waals surface area contributed by atoms with Crippen LogP contribution in [0.25, 0.3) is 0 Å². The average molecular weight is 257 g/mol. The van der Waals surface area contributed by atoms with Crippen molar-refractivity contribution in [3.05, 3.63) is 0 Å². The van der Waals surface area contributed by atoms with Gasteiger partial charge in [-0.25, -0.2) is 0 Å². The molecule has 0 aliphatic heterocycles. The normalized spacial score (nSPS) is 18.5. The van der Waals surface area contributed by atoms with Crippen LogP contribution in [0.2, 0.25) is 0 Å². The van der Waals surface area contributed by atoms with Crippen LogP contribution < -0.4 is 4.89 Å². The van der Waals surface area contributed by atoms with Crippen molar-refractivity contribution in [1.29, 1.82) is 0 Å². The van der Waals surface area contributed by atoms with Crippen LogP contribution in [0.1, 0.15) is 12.8 Å². The molecule has 0 aromatic carbocycles. The maximum absolute atomic E-state index is 10.6. The van der Waals surface area contributed by atoms with E-state index in [1.165, 1.54) is 0 Å². The van der Waals surface area contributed by atoms with Gasteiger partial charge in [-0.15, -0.1) is 0 Å². The Kier molecular flexibility index (Phi) is 6.06. The summed E-state index contributed by atoms with van der Waals surface area (Å²) in [6, 6.07) is 0. The highest BCUT2D eigenvalue weighted by atomic mass is 31.2. The Balaban J connectivity index is 4.34. The van der Waals surface area contributed by atoms with E-state index in [2.05, 4.69) is 4.52 Å². The summed E-state index contributed by atoms with van der Waals surface area (Å²) in [6.07, 6.45) is -2.15. The highest BCUT2D eigenvalue weighted by Gasteiger charge is 2.23. The van der Waals surface area contributed by atoms with Gasteiger partial charge in [0.25, 0.3) is 7.82 Å². The van der Waals surface area contributed by atoms with E-state index in [1.807, 2.05) is 21.1 Å². The Morgan fingerprint density at radius 1 is 1.31 bits per heavy atom. The van der Waals surface area contributed by atoms with Crippen LogP contribution in [0.15, 0.2) is 0 Å². The molecule has 2 atom stereocenters. The van der Waals surface area contributed by atoms with Crippen LogP contribution in [-0.2, 0) is 9.09 Å². The van der Waals surface area contributed by atoms with Crippen molar-refractivity contribution in [1.82, 2.24) is 0 Å². The predicted octanol–water partition coefficient (Wildman–Crippen LogP) is -1.37. The SMILES string of the molecule is C[N+](C)(C)CC(CCC(O)O)OP(=O)([O-])O. The summed E-state index contributed by atoms with van der Waals surface area (Å²) in [5, 5.41) is 17.4. The lowest BCUT2D eigenvalue weighted by Gasteiger charge is -2.31. The van der Waals surface area contributed by atoms with E-state index in [1.54, 1.807) is 0 Å². The van der Waals surface area contributed by atoms with Gasteiger partial charge in [0, 0.05) is 6.42 Å². The molecule has 0 aromatic heterocycles. The highest BCUT2D eigenvalue weighted by Crippen LogP contribution is 2.34. The molecule has 2 unspecified atom stereocenters. The Morgan fingerprint density at radius 2 is 1.81 bits per heavy atom. The maximum atomic E-state index is 10.6. The average Bonchev–Trinajstić information content (AvgIpc) is 1.93. The standard InChI is InChI=1S/C8H20NO6P/c1-9(2,3)6-7(4-5-8(10)11)15-16(12,13)14/h7-8,10-11H,4-6H2,1-3H3,(H-,12,13,14). The lowest BCUT2D eigenvalue weighted by Crippen LogP contribution is -2.42. The van der Waals surface area contributed by atoms with Crippen molar-refractivity contribution in [2.24, 2.45) is 0 Å². The number of quaternary nitrogens is 1. The zero-order chi connectivity index (χ0) is 13.0. The molecule has 0 aliphatic carbocycles. The molecule has 0 amide bonds. The van der Waals surface area contributed by atoms with E-state index >= 15 is 0 Å². The first-order valence-corrected chi connectivity index (χ1v) is 6.38. The van der Waals surface area contributed by atoms with Gasteiger partial charge in [-0.3, -0.25) is 4.57 Å². The first-order chi connectivity index (χ1) is 6.99. The number of phosphoric ester groups is 1. The quantitative estimate of drug-likeness (QED) is 0.295. The smallest absolute Gasteiger partial charge is 0.265 e. The second-order valence-corrected chi connectivity index (χ2v) is 5.87. The maximum Gasteiger partial charge on any atom is 0.265 e. The molecular weight excluding hydrogens is 237 g/mol. The van der Waals surface area contributed by atoms with Crippen molar-refractivity contribution in [3.8, 4) is 0 Å². The van der Waals surface area contributed by atoms with Gasteiger partial charge >= 0.3 is 0 Å². The number of rotatable bonds is 7. The van der Waals surface area contributed by atoms with Gasteiger partial charge in [0.2, 0.25) is 0 Å². The fourth-order valence-electron chi connectivity index (χ4n) is 1.31. The first kappa shape index (κ1) is 16.0. The molecule has 8 heteroatoms. The third-order valence-electron chi connectivity index (χ3n) is 1.78. The summed E-state index contributed by atoms with van der Waals surface area (Å²) in [5.74, 6) is 0. The van der Waals surface area contributed by atoms with Gasteiger partial charge < -0.3 is 29.0 Å². The van der Waals surface area contributed by atoms with Gasteiger partial charge in [0.1, 0.15) is 12.6 Å². The second kappa shape index (κ2) is 6.07. The number of hydrogen-bond donors (Lipinski definition) is 3. The number of aliphatic hydroxyl groups excluding tert-OH is 1. The topological polar surface area (TPSA) is 110 Å². The number of likely N-dealkylation sites (N-methyl/N-ethyl adjacent to an activating group) is 1. The van der Waals surface area contributed by atoms with Gasteiger partial charge in [-0.2, -0.15) is 0 Å². The lowest BCUT2D eigenvalue weighted by molar-refractivity contribution is -0.873. The van der Waals surface area contributed by atoms with E-state index in [9.17, 15) is 9.46 Å². The zero-order valence-corrected chi connectivity index (χ0v) is 10.6. The van der Waals surface area contributed by atoms with E-state index in [0.29, 0.717) is 11.0 Å². The van der Waals surface area contributed by atoms with Crippen molar-refractivity contribution in [2.75, 3.05) is 27.7 Å². The molecule has 98 valence electrons. The van der Waals surface area contributed by atoms with E-state index in [-0.39, 0.29) is 12.8 Å². The number of phosphoric acid groups is 1. The Morgan fingerprint density at radius 3 is 2.12 bits per heavy atom. The molecule has 3 N–H and O–H groups in total. The minimum atomic E-state index is -4.79. The minimum absolute atomic E-state index is 0.00926. The molecule has 0 saturated heterocycles.